The maximum absolute atomic E-state index is 12.2. The molecule has 0 aliphatic heterocycles. The van der Waals surface area contributed by atoms with E-state index in [2.05, 4.69) is 22.6 Å². The number of carbonyl (C=O) groups excluding carboxylic acids is 1. The summed E-state index contributed by atoms with van der Waals surface area (Å²) in [6, 6.07) is 10.3. The number of benzene rings is 1. The third-order valence-corrected chi connectivity index (χ3v) is 3.73. The first-order valence-corrected chi connectivity index (χ1v) is 6.87. The summed E-state index contributed by atoms with van der Waals surface area (Å²) in [5.41, 5.74) is 6.84. The lowest BCUT2D eigenvalue weighted by Gasteiger charge is -2.18. The molecule has 2 rings (SSSR count). The van der Waals surface area contributed by atoms with Gasteiger partial charge in [0.1, 0.15) is 5.92 Å². The summed E-state index contributed by atoms with van der Waals surface area (Å²) >= 11 is 0. The zero-order valence-corrected chi connectivity index (χ0v) is 11.8. The number of nitrogens with one attached hydrogen (secondary N) is 1. The maximum atomic E-state index is 12.2. The van der Waals surface area contributed by atoms with Crippen LogP contribution in [-0.4, -0.2) is 23.0 Å². The molecule has 3 unspecified atom stereocenters. The quantitative estimate of drug-likeness (QED) is 0.330. The second-order valence-electron chi connectivity index (χ2n) is 5.61. The van der Waals surface area contributed by atoms with Crippen LogP contribution in [0.4, 0.5) is 0 Å². The molecule has 0 aromatic heterocycles. The van der Waals surface area contributed by atoms with Crippen LogP contribution < -0.4 is 11.1 Å². The van der Waals surface area contributed by atoms with Gasteiger partial charge in [-0.1, -0.05) is 49.3 Å². The van der Waals surface area contributed by atoms with Gasteiger partial charge in [0.2, 0.25) is 5.91 Å². The van der Waals surface area contributed by atoms with E-state index in [4.69, 9.17) is 10.9 Å². The highest BCUT2D eigenvalue weighted by Gasteiger charge is 2.41. The van der Waals surface area contributed by atoms with Crippen molar-refractivity contribution >= 4 is 11.7 Å². The van der Waals surface area contributed by atoms with E-state index in [-0.39, 0.29) is 23.7 Å². The van der Waals surface area contributed by atoms with E-state index in [0.717, 1.165) is 6.42 Å². The molecule has 5 heteroatoms. The molecule has 1 aliphatic carbocycles. The minimum atomic E-state index is -0.586. The Kier molecular flexibility index (Phi) is 4.27. The van der Waals surface area contributed by atoms with Crippen molar-refractivity contribution in [3.63, 3.8) is 0 Å². The Hall–Kier alpha value is -2.04. The summed E-state index contributed by atoms with van der Waals surface area (Å²) < 4.78 is 0. The summed E-state index contributed by atoms with van der Waals surface area (Å²) in [4.78, 5) is 12.2. The Morgan fingerprint density at radius 2 is 2.05 bits per heavy atom. The van der Waals surface area contributed by atoms with Crippen molar-refractivity contribution < 1.29 is 10.0 Å². The minimum absolute atomic E-state index is 0.0141. The molecule has 0 bridgehead atoms. The third-order valence-electron chi connectivity index (χ3n) is 3.73. The number of rotatable bonds is 5. The van der Waals surface area contributed by atoms with E-state index in [1.54, 1.807) is 0 Å². The highest BCUT2D eigenvalue weighted by Crippen LogP contribution is 2.40. The predicted molar refractivity (Wildman–Crippen MR) is 77.5 cm³/mol. The van der Waals surface area contributed by atoms with Crippen molar-refractivity contribution in [1.29, 1.82) is 0 Å². The van der Waals surface area contributed by atoms with Crippen molar-refractivity contribution in [1.82, 2.24) is 5.32 Å². The molecule has 0 heterocycles. The van der Waals surface area contributed by atoms with E-state index >= 15 is 0 Å². The number of amidine groups is 1. The molecule has 1 amide bonds. The van der Waals surface area contributed by atoms with Crippen molar-refractivity contribution in [3.05, 3.63) is 35.9 Å². The molecule has 1 fully saturated rings. The van der Waals surface area contributed by atoms with E-state index in [0.29, 0.717) is 5.92 Å². The lowest BCUT2D eigenvalue weighted by Crippen LogP contribution is -2.42. The van der Waals surface area contributed by atoms with E-state index in [1.165, 1.54) is 5.56 Å². The molecule has 1 saturated carbocycles. The van der Waals surface area contributed by atoms with Crippen LogP contribution >= 0.6 is 0 Å². The molecule has 0 radical (unpaired) electrons. The fourth-order valence-electron chi connectivity index (χ4n) is 2.54. The first-order chi connectivity index (χ1) is 9.54. The topological polar surface area (TPSA) is 87.7 Å². The number of nitrogens with two attached hydrogens (primary N) is 1. The van der Waals surface area contributed by atoms with Crippen molar-refractivity contribution in [3.8, 4) is 0 Å². The van der Waals surface area contributed by atoms with E-state index in [1.807, 2.05) is 32.0 Å². The van der Waals surface area contributed by atoms with Gasteiger partial charge in [-0.2, -0.15) is 0 Å². The van der Waals surface area contributed by atoms with Crippen LogP contribution in [-0.2, 0) is 4.79 Å². The standard InChI is InChI=1S/C15H21N3O2/c1-9(2)13(14(16)18-20)15(19)17-12-8-11(12)10-6-4-3-5-7-10/h3-7,9,11-13,20H,8H2,1-2H3,(H2,16,18)(H,17,19). The van der Waals surface area contributed by atoms with Gasteiger partial charge in [-0.25, -0.2) is 0 Å². The summed E-state index contributed by atoms with van der Waals surface area (Å²) in [6.45, 7) is 3.76. The fourth-order valence-corrected chi connectivity index (χ4v) is 2.54. The first kappa shape index (κ1) is 14.4. The number of amides is 1. The van der Waals surface area contributed by atoms with Crippen molar-refractivity contribution in [2.45, 2.75) is 32.2 Å². The van der Waals surface area contributed by atoms with Crippen LogP contribution in [0.25, 0.3) is 0 Å². The molecule has 3 atom stereocenters. The van der Waals surface area contributed by atoms with Gasteiger partial charge in [0.15, 0.2) is 5.84 Å². The number of hydrogen-bond donors (Lipinski definition) is 3. The largest absolute Gasteiger partial charge is 0.409 e. The summed E-state index contributed by atoms with van der Waals surface area (Å²) in [5, 5.41) is 14.7. The van der Waals surface area contributed by atoms with Gasteiger partial charge < -0.3 is 16.3 Å². The zero-order valence-electron chi connectivity index (χ0n) is 11.8. The molecule has 108 valence electrons. The summed E-state index contributed by atoms with van der Waals surface area (Å²) in [7, 11) is 0. The summed E-state index contributed by atoms with van der Waals surface area (Å²) in [5.74, 6) is -0.426. The molecule has 0 spiro atoms. The van der Waals surface area contributed by atoms with Crippen LogP contribution in [0.1, 0.15) is 31.7 Å². The monoisotopic (exact) mass is 275 g/mol. The number of oxime groups is 1. The van der Waals surface area contributed by atoms with E-state index < -0.39 is 5.92 Å². The Bertz CT molecular complexity index is 499. The smallest absolute Gasteiger partial charge is 0.231 e. The Morgan fingerprint density at radius 1 is 1.40 bits per heavy atom. The number of nitrogens with zero attached hydrogens (tertiary/aromatic N) is 1. The second-order valence-corrected chi connectivity index (χ2v) is 5.61. The first-order valence-electron chi connectivity index (χ1n) is 6.87. The second kappa shape index (κ2) is 5.94. The highest BCUT2D eigenvalue weighted by atomic mass is 16.4. The minimum Gasteiger partial charge on any atom is -0.409 e. The molecule has 0 saturated heterocycles. The fraction of sp³-hybridized carbons (Fsp3) is 0.467. The van der Waals surface area contributed by atoms with Crippen LogP contribution in [0.5, 0.6) is 0 Å². The van der Waals surface area contributed by atoms with Crippen LogP contribution in [0.3, 0.4) is 0 Å². The molecule has 20 heavy (non-hydrogen) atoms. The molecule has 5 nitrogen and oxygen atoms in total. The lowest BCUT2D eigenvalue weighted by molar-refractivity contribution is -0.124. The maximum Gasteiger partial charge on any atom is 0.231 e. The highest BCUT2D eigenvalue weighted by molar-refractivity contribution is 6.02. The zero-order chi connectivity index (χ0) is 14.7. The van der Waals surface area contributed by atoms with Gasteiger partial charge >= 0.3 is 0 Å². The third kappa shape index (κ3) is 3.10. The molecular formula is C15H21N3O2. The van der Waals surface area contributed by atoms with E-state index in [9.17, 15) is 4.79 Å². The summed E-state index contributed by atoms with van der Waals surface area (Å²) in [6.07, 6.45) is 0.941. The predicted octanol–water partition coefficient (Wildman–Crippen LogP) is 1.68. The van der Waals surface area contributed by atoms with Crippen LogP contribution in [0.15, 0.2) is 35.5 Å². The Balaban J connectivity index is 1.96. The van der Waals surface area contributed by atoms with Crippen LogP contribution in [0, 0.1) is 11.8 Å². The van der Waals surface area contributed by atoms with Crippen molar-refractivity contribution in [2.75, 3.05) is 0 Å². The number of carbonyl (C=O) groups is 1. The van der Waals surface area contributed by atoms with Gasteiger partial charge in [-0.15, -0.1) is 0 Å². The van der Waals surface area contributed by atoms with Gasteiger partial charge in [-0.05, 0) is 17.9 Å². The molecule has 4 N–H and O–H groups in total. The molecule has 1 aromatic carbocycles. The van der Waals surface area contributed by atoms with Gasteiger partial charge in [0, 0.05) is 12.0 Å². The Morgan fingerprint density at radius 3 is 2.60 bits per heavy atom. The molecule has 1 aliphatic rings. The van der Waals surface area contributed by atoms with Crippen LogP contribution in [0.2, 0.25) is 0 Å². The van der Waals surface area contributed by atoms with Gasteiger partial charge in [-0.3, -0.25) is 4.79 Å². The molecular weight excluding hydrogens is 254 g/mol. The Labute approximate surface area is 118 Å². The average Bonchev–Trinajstić information content (AvgIpc) is 3.18. The number of hydrogen-bond acceptors (Lipinski definition) is 3. The average molecular weight is 275 g/mol. The molecule has 1 aromatic rings. The normalized spacial score (nSPS) is 23.4. The van der Waals surface area contributed by atoms with Gasteiger partial charge in [0.05, 0.1) is 0 Å². The lowest BCUT2D eigenvalue weighted by atomic mass is 9.94. The van der Waals surface area contributed by atoms with Crippen molar-refractivity contribution in [2.24, 2.45) is 22.7 Å². The van der Waals surface area contributed by atoms with Gasteiger partial charge in [0.25, 0.3) is 0 Å². The SMILES string of the molecule is CC(C)C(C(=O)NC1CC1c1ccccc1)C(N)=NO.